The lowest BCUT2D eigenvalue weighted by atomic mass is 10.1. The Labute approximate surface area is 161 Å². The molecule has 1 aromatic carbocycles. The average Bonchev–Trinajstić information content (AvgIpc) is 2.72. The van der Waals surface area contributed by atoms with Gasteiger partial charge in [0.15, 0.2) is 0 Å². The van der Waals surface area contributed by atoms with E-state index >= 15 is 0 Å². The Morgan fingerprint density at radius 1 is 0.964 bits per heavy atom. The molecule has 4 rings (SSSR count). The summed E-state index contributed by atoms with van der Waals surface area (Å²) in [5.74, 6) is -0.232. The molecule has 3 aromatic rings. The van der Waals surface area contributed by atoms with E-state index in [2.05, 4.69) is 9.88 Å². The van der Waals surface area contributed by atoms with Crippen LogP contribution in [-0.2, 0) is 14.1 Å². The van der Waals surface area contributed by atoms with Crippen molar-refractivity contribution in [2.75, 3.05) is 31.1 Å². The minimum absolute atomic E-state index is 0.0728. The number of carbonyl (C=O) groups excluding carboxylic acids is 1. The molecule has 2 aromatic heterocycles. The zero-order valence-electron chi connectivity index (χ0n) is 15.8. The molecule has 8 nitrogen and oxygen atoms in total. The summed E-state index contributed by atoms with van der Waals surface area (Å²) >= 11 is 0. The topological polar surface area (TPSA) is 80.4 Å². The number of aryl methyl sites for hydroxylation is 2. The Morgan fingerprint density at radius 3 is 2.46 bits per heavy atom. The highest BCUT2D eigenvalue weighted by Crippen LogP contribution is 2.20. The maximum Gasteiger partial charge on any atom is 0.263 e. The van der Waals surface area contributed by atoms with Crippen molar-refractivity contribution < 1.29 is 4.79 Å². The van der Waals surface area contributed by atoms with Crippen LogP contribution in [0.1, 0.15) is 10.4 Å². The summed E-state index contributed by atoms with van der Waals surface area (Å²) in [6, 6.07) is 8.89. The summed E-state index contributed by atoms with van der Waals surface area (Å²) < 4.78 is 2.87. The van der Waals surface area contributed by atoms with E-state index in [-0.39, 0.29) is 22.6 Å². The lowest BCUT2D eigenvalue weighted by molar-refractivity contribution is 0.0744. The van der Waals surface area contributed by atoms with Crippen LogP contribution in [0.4, 0.5) is 5.69 Å². The third kappa shape index (κ3) is 3.06. The highest BCUT2D eigenvalue weighted by atomic mass is 16.2. The molecule has 1 aliphatic rings. The molecular weight excluding hydrogens is 358 g/mol. The third-order valence-corrected chi connectivity index (χ3v) is 5.19. The number of pyridine rings is 1. The molecule has 1 aliphatic heterocycles. The van der Waals surface area contributed by atoms with Gasteiger partial charge in [0.1, 0.15) is 5.56 Å². The van der Waals surface area contributed by atoms with Crippen molar-refractivity contribution in [1.82, 2.24) is 19.0 Å². The Balaban J connectivity index is 1.51. The molecule has 28 heavy (non-hydrogen) atoms. The van der Waals surface area contributed by atoms with Crippen LogP contribution in [0, 0.1) is 0 Å². The number of aromatic nitrogens is 3. The lowest BCUT2D eigenvalue weighted by Crippen LogP contribution is -2.49. The molecule has 144 valence electrons. The Hall–Kier alpha value is -3.42. The van der Waals surface area contributed by atoms with Gasteiger partial charge in [0, 0.05) is 52.2 Å². The second-order valence-electron chi connectivity index (χ2n) is 6.98. The number of anilines is 1. The van der Waals surface area contributed by atoms with Crippen LogP contribution < -0.4 is 16.0 Å². The van der Waals surface area contributed by atoms with Crippen LogP contribution >= 0.6 is 0 Å². The Bertz CT molecular complexity index is 1170. The molecule has 3 heterocycles. The maximum absolute atomic E-state index is 12.7. The fourth-order valence-electron chi connectivity index (χ4n) is 3.49. The van der Waals surface area contributed by atoms with Crippen LogP contribution in [-0.4, -0.2) is 51.1 Å². The van der Waals surface area contributed by atoms with Crippen LogP contribution in [0.15, 0.2) is 52.4 Å². The normalized spacial score (nSPS) is 14.5. The molecule has 0 aliphatic carbocycles. The van der Waals surface area contributed by atoms with Gasteiger partial charge in [0.25, 0.3) is 17.0 Å². The van der Waals surface area contributed by atoms with Crippen molar-refractivity contribution in [2.24, 2.45) is 14.1 Å². The van der Waals surface area contributed by atoms with E-state index in [1.54, 1.807) is 43.4 Å². The number of nitrogens with zero attached hydrogens (tertiary/aromatic N) is 5. The van der Waals surface area contributed by atoms with Gasteiger partial charge in [-0.25, -0.2) is 4.98 Å². The second-order valence-corrected chi connectivity index (χ2v) is 6.98. The predicted octanol–water partition coefficient (Wildman–Crippen LogP) is 0.595. The van der Waals surface area contributed by atoms with E-state index in [4.69, 9.17) is 0 Å². The van der Waals surface area contributed by atoms with Crippen molar-refractivity contribution >= 4 is 22.5 Å². The smallest absolute Gasteiger partial charge is 0.263 e. The number of hydrogen-bond donors (Lipinski definition) is 0. The van der Waals surface area contributed by atoms with E-state index in [0.717, 1.165) is 5.69 Å². The predicted molar refractivity (Wildman–Crippen MR) is 107 cm³/mol. The van der Waals surface area contributed by atoms with Crippen LogP contribution in [0.3, 0.4) is 0 Å². The zero-order chi connectivity index (χ0) is 19.8. The molecule has 1 fully saturated rings. The molecule has 0 N–H and O–H groups in total. The highest BCUT2D eigenvalue weighted by molar-refractivity contribution is 5.94. The van der Waals surface area contributed by atoms with E-state index in [9.17, 15) is 14.4 Å². The first-order valence-corrected chi connectivity index (χ1v) is 9.11. The van der Waals surface area contributed by atoms with E-state index < -0.39 is 0 Å². The summed E-state index contributed by atoms with van der Waals surface area (Å²) in [6.07, 6.45) is 3.16. The van der Waals surface area contributed by atoms with Crippen molar-refractivity contribution in [2.45, 2.75) is 0 Å². The Kier molecular flexibility index (Phi) is 4.46. The third-order valence-electron chi connectivity index (χ3n) is 5.19. The molecule has 0 spiro atoms. The first-order chi connectivity index (χ1) is 13.5. The van der Waals surface area contributed by atoms with Gasteiger partial charge < -0.3 is 18.9 Å². The fraction of sp³-hybridized carbons (Fsp3) is 0.300. The van der Waals surface area contributed by atoms with Gasteiger partial charge in [0.2, 0.25) is 0 Å². The minimum Gasteiger partial charge on any atom is -0.368 e. The lowest BCUT2D eigenvalue weighted by Gasteiger charge is -2.36. The molecule has 0 unspecified atom stereocenters. The van der Waals surface area contributed by atoms with Gasteiger partial charge in [-0.3, -0.25) is 14.4 Å². The van der Waals surface area contributed by atoms with Gasteiger partial charge in [-0.05, 0) is 30.3 Å². The first-order valence-electron chi connectivity index (χ1n) is 9.11. The molecule has 0 radical (unpaired) electrons. The number of hydrogen-bond acceptors (Lipinski definition) is 5. The largest absolute Gasteiger partial charge is 0.368 e. The molecule has 1 saturated heterocycles. The van der Waals surface area contributed by atoms with Crippen LogP contribution in [0.2, 0.25) is 0 Å². The molecular formula is C20H21N5O3. The van der Waals surface area contributed by atoms with Crippen molar-refractivity contribution in [3.63, 3.8) is 0 Å². The SMILES string of the molecule is Cn1cccc(C(=O)N2CCN(c3ccc4c(=O)n(C)cnc4c3)CC2)c1=O. The summed E-state index contributed by atoms with van der Waals surface area (Å²) in [6.45, 7) is 2.35. The standard InChI is InChI=1S/C20H21N5O3/c1-22-7-3-4-16(19(22)27)20(28)25-10-8-24(9-11-25)14-5-6-15-17(12-14)21-13-23(2)18(15)26/h3-7,12-13H,8-11H2,1-2H3. The number of amides is 1. The van der Waals surface area contributed by atoms with E-state index in [0.29, 0.717) is 37.1 Å². The number of carbonyl (C=O) groups is 1. The minimum atomic E-state index is -0.280. The van der Waals surface area contributed by atoms with Gasteiger partial charge in [-0.2, -0.15) is 0 Å². The summed E-state index contributed by atoms with van der Waals surface area (Å²) in [5, 5.41) is 0.586. The highest BCUT2D eigenvalue weighted by Gasteiger charge is 2.24. The van der Waals surface area contributed by atoms with Gasteiger partial charge >= 0.3 is 0 Å². The van der Waals surface area contributed by atoms with E-state index in [1.165, 1.54) is 15.5 Å². The van der Waals surface area contributed by atoms with Crippen molar-refractivity contribution in [3.8, 4) is 0 Å². The van der Waals surface area contributed by atoms with Crippen molar-refractivity contribution in [1.29, 1.82) is 0 Å². The molecule has 0 bridgehead atoms. The fourth-order valence-corrected chi connectivity index (χ4v) is 3.49. The quantitative estimate of drug-likeness (QED) is 0.651. The van der Waals surface area contributed by atoms with Gasteiger partial charge in [0.05, 0.1) is 17.2 Å². The molecule has 0 atom stereocenters. The van der Waals surface area contributed by atoms with Crippen LogP contribution in [0.5, 0.6) is 0 Å². The monoisotopic (exact) mass is 379 g/mol. The number of piperazine rings is 1. The van der Waals surface area contributed by atoms with E-state index in [1.807, 2.05) is 12.1 Å². The molecule has 8 heteroatoms. The van der Waals surface area contributed by atoms with Gasteiger partial charge in [-0.15, -0.1) is 0 Å². The molecule has 0 saturated carbocycles. The second kappa shape index (κ2) is 6.95. The Morgan fingerprint density at radius 2 is 1.71 bits per heavy atom. The average molecular weight is 379 g/mol. The summed E-state index contributed by atoms with van der Waals surface area (Å²) in [7, 11) is 3.32. The van der Waals surface area contributed by atoms with Crippen molar-refractivity contribution in [3.05, 3.63) is 69.1 Å². The zero-order valence-corrected chi connectivity index (χ0v) is 15.8. The van der Waals surface area contributed by atoms with Crippen LogP contribution in [0.25, 0.3) is 10.9 Å². The maximum atomic E-state index is 12.7. The first kappa shape index (κ1) is 18.0. The number of benzene rings is 1. The van der Waals surface area contributed by atoms with Gasteiger partial charge in [-0.1, -0.05) is 0 Å². The number of rotatable bonds is 2. The molecule has 1 amide bonds. The summed E-state index contributed by atoms with van der Waals surface area (Å²) in [4.78, 5) is 45.3. The summed E-state index contributed by atoms with van der Waals surface area (Å²) in [5.41, 5.74) is 1.47. The number of fused-ring (bicyclic) bond motifs is 1.